The van der Waals surface area contributed by atoms with Gasteiger partial charge in [0.25, 0.3) is 0 Å². The normalized spacial score (nSPS) is 31.2. The first-order valence-corrected chi connectivity index (χ1v) is 13.5. The maximum Gasteiger partial charge on any atom is 0.407 e. The molecule has 0 heterocycles. The molecule has 0 radical (unpaired) electrons. The van der Waals surface area contributed by atoms with Gasteiger partial charge in [0, 0.05) is 25.2 Å². The Labute approximate surface area is 224 Å². The second kappa shape index (κ2) is 13.2. The number of hydrogen-bond acceptors (Lipinski definition) is 8. The Balaban J connectivity index is 1.41. The summed E-state index contributed by atoms with van der Waals surface area (Å²) in [7, 11) is 0. The summed E-state index contributed by atoms with van der Waals surface area (Å²) in [6.07, 6.45) is 7.76. The van der Waals surface area contributed by atoms with Crippen molar-refractivity contribution in [3.05, 3.63) is 25.3 Å². The van der Waals surface area contributed by atoms with Gasteiger partial charge in [-0.1, -0.05) is 27.0 Å². The number of carbonyl (C=O) groups excluding carboxylic acids is 4. The highest BCUT2D eigenvalue weighted by Crippen LogP contribution is 2.62. The van der Waals surface area contributed by atoms with Gasteiger partial charge in [0.1, 0.15) is 26.4 Å². The number of amides is 2. The van der Waals surface area contributed by atoms with Gasteiger partial charge in [-0.25, -0.2) is 19.2 Å². The molecular formula is C28H42N2O8. The van der Waals surface area contributed by atoms with Crippen molar-refractivity contribution in [2.24, 2.45) is 34.5 Å². The van der Waals surface area contributed by atoms with E-state index in [0.29, 0.717) is 36.8 Å². The molecule has 10 nitrogen and oxygen atoms in total. The maximum atomic E-state index is 12.1. The van der Waals surface area contributed by atoms with E-state index in [2.05, 4.69) is 37.6 Å². The number of nitrogens with one attached hydrogen (secondary N) is 2. The lowest BCUT2D eigenvalue weighted by Crippen LogP contribution is -2.42. The molecule has 0 aliphatic heterocycles. The molecule has 0 saturated heterocycles. The van der Waals surface area contributed by atoms with E-state index < -0.39 is 24.1 Å². The van der Waals surface area contributed by atoms with Crippen LogP contribution in [0.25, 0.3) is 0 Å². The molecule has 2 amide bonds. The van der Waals surface area contributed by atoms with E-state index in [0.717, 1.165) is 44.3 Å². The molecule has 10 heteroatoms. The molecule has 2 bridgehead atoms. The molecule has 3 aliphatic rings. The molecule has 3 fully saturated rings. The number of fused-ring (bicyclic) bond motifs is 5. The van der Waals surface area contributed by atoms with Gasteiger partial charge in [-0.3, -0.25) is 0 Å². The minimum Gasteiger partial charge on any atom is -0.459 e. The topological polar surface area (TPSA) is 129 Å². The second-order valence-corrected chi connectivity index (χ2v) is 11.6. The quantitative estimate of drug-likeness (QED) is 0.168. The van der Waals surface area contributed by atoms with Gasteiger partial charge in [-0.15, -0.1) is 0 Å². The molecule has 0 spiro atoms. The summed E-state index contributed by atoms with van der Waals surface area (Å²) in [5.41, 5.74) is 0.00718. The maximum absolute atomic E-state index is 12.1. The average molecular weight is 535 g/mol. The minimum atomic E-state index is -0.546. The SMILES string of the molecule is C=CC(=O)OCCOC(=O)NCC1(C)CC2CC(C1)C1CC(C)(CNC(=O)OCCOC(=O)C=C)CCC21. The third-order valence-electron chi connectivity index (χ3n) is 8.46. The fourth-order valence-corrected chi connectivity index (χ4v) is 6.86. The largest absolute Gasteiger partial charge is 0.459 e. The summed E-state index contributed by atoms with van der Waals surface area (Å²) in [5, 5.41) is 5.81. The Kier molecular flexibility index (Phi) is 10.2. The second-order valence-electron chi connectivity index (χ2n) is 11.6. The predicted molar refractivity (Wildman–Crippen MR) is 139 cm³/mol. The van der Waals surface area contributed by atoms with Crippen molar-refractivity contribution in [1.29, 1.82) is 0 Å². The van der Waals surface area contributed by atoms with Crippen molar-refractivity contribution in [3.8, 4) is 0 Å². The molecule has 6 unspecified atom stereocenters. The van der Waals surface area contributed by atoms with Crippen LogP contribution < -0.4 is 10.6 Å². The van der Waals surface area contributed by atoms with Crippen LogP contribution >= 0.6 is 0 Å². The van der Waals surface area contributed by atoms with Gasteiger partial charge in [0.05, 0.1) is 0 Å². The molecule has 2 N–H and O–H groups in total. The summed E-state index contributed by atoms with van der Waals surface area (Å²) in [6.45, 7) is 12.2. The third-order valence-corrected chi connectivity index (χ3v) is 8.46. The molecule has 0 aromatic carbocycles. The lowest BCUT2D eigenvalue weighted by Gasteiger charge is -2.42. The molecule has 0 aromatic heterocycles. The molecule has 38 heavy (non-hydrogen) atoms. The first kappa shape index (κ1) is 29.5. The zero-order valence-corrected chi connectivity index (χ0v) is 22.6. The van der Waals surface area contributed by atoms with Crippen LogP contribution in [0, 0.1) is 34.5 Å². The standard InChI is InChI=1S/C28H42N2O8/c1-5-23(31)35-9-11-37-25(33)29-17-27(3)8-7-21-19-13-20(22(21)16-27)15-28(4,14-19)18-30-26(34)38-12-10-36-24(32)6-2/h5-6,19-22H,1-2,7-18H2,3-4H3,(H,29,33)(H,30,34). The van der Waals surface area contributed by atoms with Crippen LogP contribution in [-0.4, -0.2) is 63.6 Å². The summed E-state index contributed by atoms with van der Waals surface area (Å²) >= 11 is 0. The van der Waals surface area contributed by atoms with E-state index in [1.165, 1.54) is 6.42 Å². The molecule has 3 rings (SSSR count). The van der Waals surface area contributed by atoms with Crippen molar-refractivity contribution >= 4 is 24.1 Å². The van der Waals surface area contributed by atoms with Gasteiger partial charge in [-0.2, -0.15) is 0 Å². The van der Waals surface area contributed by atoms with Crippen LogP contribution in [0.3, 0.4) is 0 Å². The monoisotopic (exact) mass is 534 g/mol. The highest BCUT2D eigenvalue weighted by atomic mass is 16.6. The molecular weight excluding hydrogens is 492 g/mol. The van der Waals surface area contributed by atoms with Gasteiger partial charge in [0.2, 0.25) is 0 Å². The highest BCUT2D eigenvalue weighted by molar-refractivity contribution is 5.81. The van der Waals surface area contributed by atoms with E-state index in [1.807, 2.05) is 0 Å². The van der Waals surface area contributed by atoms with Gasteiger partial charge < -0.3 is 29.6 Å². The molecule has 0 aromatic rings. The minimum absolute atomic E-state index is 0.000443. The van der Waals surface area contributed by atoms with Crippen LogP contribution in [0.1, 0.15) is 52.4 Å². The Hall–Kier alpha value is -3.04. The Morgan fingerprint density at radius 1 is 0.737 bits per heavy atom. The van der Waals surface area contributed by atoms with Crippen molar-refractivity contribution in [2.75, 3.05) is 39.5 Å². The molecule has 212 valence electrons. The smallest absolute Gasteiger partial charge is 0.407 e. The molecule has 6 atom stereocenters. The Morgan fingerprint density at radius 2 is 1.21 bits per heavy atom. The van der Waals surface area contributed by atoms with Crippen LogP contribution in [-0.2, 0) is 28.5 Å². The van der Waals surface area contributed by atoms with Gasteiger partial charge >= 0.3 is 24.1 Å². The number of carbonyl (C=O) groups is 4. The average Bonchev–Trinajstić information content (AvgIpc) is 3.15. The fraction of sp³-hybridized carbons (Fsp3) is 0.714. The predicted octanol–water partition coefficient (Wildman–Crippen LogP) is 3.76. The number of hydrogen-bond donors (Lipinski definition) is 2. The summed E-state index contributed by atoms with van der Waals surface area (Å²) < 4.78 is 19.9. The number of alkyl carbamates (subject to hydrolysis) is 2. The van der Waals surface area contributed by atoms with E-state index in [1.54, 1.807) is 0 Å². The molecule has 3 aliphatic carbocycles. The van der Waals surface area contributed by atoms with E-state index in [-0.39, 0.29) is 37.3 Å². The zero-order chi connectivity index (χ0) is 27.8. The van der Waals surface area contributed by atoms with E-state index >= 15 is 0 Å². The zero-order valence-electron chi connectivity index (χ0n) is 22.6. The van der Waals surface area contributed by atoms with E-state index in [4.69, 9.17) is 18.9 Å². The highest BCUT2D eigenvalue weighted by Gasteiger charge is 2.54. The lowest BCUT2D eigenvalue weighted by molar-refractivity contribution is -0.139. The van der Waals surface area contributed by atoms with Crippen LogP contribution in [0.4, 0.5) is 9.59 Å². The third kappa shape index (κ3) is 8.23. The number of ether oxygens (including phenoxy) is 4. The number of esters is 2. The van der Waals surface area contributed by atoms with Crippen LogP contribution in [0.2, 0.25) is 0 Å². The number of rotatable bonds is 12. The van der Waals surface area contributed by atoms with Crippen molar-refractivity contribution in [1.82, 2.24) is 10.6 Å². The van der Waals surface area contributed by atoms with E-state index in [9.17, 15) is 19.2 Å². The van der Waals surface area contributed by atoms with Crippen molar-refractivity contribution in [2.45, 2.75) is 52.4 Å². The Morgan fingerprint density at radius 3 is 1.74 bits per heavy atom. The van der Waals surface area contributed by atoms with Crippen LogP contribution in [0.5, 0.6) is 0 Å². The van der Waals surface area contributed by atoms with Crippen molar-refractivity contribution < 1.29 is 38.1 Å². The summed E-state index contributed by atoms with van der Waals surface area (Å²) in [5.74, 6) is 1.47. The van der Waals surface area contributed by atoms with Crippen molar-refractivity contribution in [3.63, 3.8) is 0 Å². The summed E-state index contributed by atoms with van der Waals surface area (Å²) in [4.78, 5) is 46.4. The van der Waals surface area contributed by atoms with Gasteiger partial charge in [0.15, 0.2) is 0 Å². The molecule has 3 saturated carbocycles. The van der Waals surface area contributed by atoms with Crippen LogP contribution in [0.15, 0.2) is 25.3 Å². The lowest BCUT2D eigenvalue weighted by atomic mass is 9.64. The first-order valence-electron chi connectivity index (χ1n) is 13.5. The summed E-state index contributed by atoms with van der Waals surface area (Å²) in [6, 6.07) is 0. The first-order chi connectivity index (χ1) is 18.1. The fourth-order valence-electron chi connectivity index (χ4n) is 6.86. The van der Waals surface area contributed by atoms with Gasteiger partial charge in [-0.05, 0) is 73.0 Å². The Bertz CT molecular complexity index is 907.